The molecule has 3 aromatic rings. The molecule has 1 amide bonds. The third-order valence-electron chi connectivity index (χ3n) is 9.31. The number of hydrogen-bond acceptors (Lipinski definition) is 8. The van der Waals surface area contributed by atoms with Gasteiger partial charge >= 0.3 is 0 Å². The van der Waals surface area contributed by atoms with E-state index in [-0.39, 0.29) is 18.1 Å². The fourth-order valence-corrected chi connectivity index (χ4v) is 6.96. The van der Waals surface area contributed by atoms with E-state index in [1.165, 1.54) is 33.3 Å². The van der Waals surface area contributed by atoms with Gasteiger partial charge in [-0.25, -0.2) is 5.43 Å². The molecule has 3 atom stereocenters. The Labute approximate surface area is 291 Å². The third-order valence-corrected chi connectivity index (χ3v) is 9.31. The fraction of sp³-hybridized carbons (Fsp3) is 0.553. The number of methoxy groups -OCH3 is 2. The normalized spacial score (nSPS) is 18.2. The van der Waals surface area contributed by atoms with Gasteiger partial charge in [-0.15, -0.1) is 0 Å². The highest BCUT2D eigenvalue weighted by Gasteiger charge is 2.31. The second-order valence-corrected chi connectivity index (χ2v) is 13.4. The van der Waals surface area contributed by atoms with Gasteiger partial charge < -0.3 is 24.9 Å². The summed E-state index contributed by atoms with van der Waals surface area (Å²) in [5.41, 5.74) is 18.2. The van der Waals surface area contributed by atoms with Crippen molar-refractivity contribution in [1.29, 1.82) is 0 Å². The van der Waals surface area contributed by atoms with Gasteiger partial charge in [0.1, 0.15) is 0 Å². The molecule has 11 nitrogen and oxygen atoms in total. The molecule has 2 aromatic heterocycles. The van der Waals surface area contributed by atoms with Crippen LogP contribution in [0.2, 0.25) is 0 Å². The van der Waals surface area contributed by atoms with Crippen molar-refractivity contribution in [3.8, 4) is 11.3 Å². The van der Waals surface area contributed by atoms with E-state index in [0.29, 0.717) is 32.2 Å². The van der Waals surface area contributed by atoms with Crippen LogP contribution in [0.15, 0.2) is 42.6 Å². The highest BCUT2D eigenvalue weighted by molar-refractivity contribution is 5.94. The minimum absolute atomic E-state index is 0.0345. The molecule has 0 saturated carbocycles. The van der Waals surface area contributed by atoms with E-state index < -0.39 is 12.0 Å². The predicted molar refractivity (Wildman–Crippen MR) is 195 cm³/mol. The average molecular weight is 677 g/mol. The number of aryl methyl sites for hydroxylation is 1. The first-order valence-electron chi connectivity index (χ1n) is 17.6. The molecule has 0 bridgehead atoms. The lowest BCUT2D eigenvalue weighted by Gasteiger charge is -2.38. The van der Waals surface area contributed by atoms with Gasteiger partial charge in [0.25, 0.3) is 11.9 Å². The number of fused-ring (bicyclic) bond motifs is 1. The van der Waals surface area contributed by atoms with Crippen LogP contribution in [0.5, 0.6) is 0 Å². The van der Waals surface area contributed by atoms with E-state index in [9.17, 15) is 4.79 Å². The summed E-state index contributed by atoms with van der Waals surface area (Å²) in [4.78, 5) is 29.3. The first-order valence-corrected chi connectivity index (χ1v) is 17.6. The summed E-state index contributed by atoms with van der Waals surface area (Å²) in [7, 11) is 3.48. The molecule has 2 aliphatic rings. The Morgan fingerprint density at radius 1 is 1.16 bits per heavy atom. The summed E-state index contributed by atoms with van der Waals surface area (Å²) in [6.45, 7) is 14.1. The first kappa shape index (κ1) is 38.2. The Morgan fingerprint density at radius 3 is 2.55 bits per heavy atom. The molecule has 1 saturated heterocycles. The van der Waals surface area contributed by atoms with E-state index in [1.54, 1.807) is 19.2 Å². The third kappa shape index (κ3) is 9.34. The number of nitrogens with zero attached hydrogens (tertiary/aromatic N) is 4. The Morgan fingerprint density at radius 2 is 1.92 bits per heavy atom. The monoisotopic (exact) mass is 676 g/mol. The molecule has 1 aromatic carbocycles. The molecule has 3 unspecified atom stereocenters. The van der Waals surface area contributed by atoms with E-state index in [1.807, 2.05) is 12.3 Å². The lowest BCUT2D eigenvalue weighted by molar-refractivity contribution is -0.137. The van der Waals surface area contributed by atoms with Crippen molar-refractivity contribution in [2.75, 3.05) is 47.0 Å². The molecule has 0 aliphatic carbocycles. The van der Waals surface area contributed by atoms with Crippen LogP contribution >= 0.6 is 0 Å². The molecule has 0 spiro atoms. The number of nitrogens with two attached hydrogens (primary N) is 1. The van der Waals surface area contributed by atoms with Crippen LogP contribution < -0.4 is 11.2 Å². The standard InChI is InChI=1S/C36H52N6O3.C2H4O2/c1-7-41-33-15-13-26(20-30(33)31(19-24(2)3)35(41)29-11-10-16-38-34(29)25(4)45-6)27-12-14-28(23-44-5)40(21-27)22-32(37)36(43)42-18-9-8-17-39-42;1-2(3)4/h10-13,15-16,20,24-25,28,32,39H,7-9,14,17-19,21-23,37H2,1-6H3;1H3,(H,3,4). The van der Waals surface area contributed by atoms with Crippen molar-refractivity contribution in [1.82, 2.24) is 24.9 Å². The number of benzene rings is 1. The van der Waals surface area contributed by atoms with Gasteiger partial charge in [0.2, 0.25) is 0 Å². The molecule has 2 aliphatic heterocycles. The highest BCUT2D eigenvalue weighted by atomic mass is 16.5. The van der Waals surface area contributed by atoms with E-state index in [2.05, 4.69) is 72.9 Å². The number of hydrogen-bond donors (Lipinski definition) is 3. The quantitative estimate of drug-likeness (QED) is 0.234. The van der Waals surface area contributed by atoms with Crippen molar-refractivity contribution in [3.63, 3.8) is 0 Å². The zero-order valence-corrected chi connectivity index (χ0v) is 30.4. The smallest absolute Gasteiger partial charge is 0.300 e. The summed E-state index contributed by atoms with van der Waals surface area (Å²) in [6.07, 6.45) is 7.98. The number of aliphatic carboxylic acids is 1. The zero-order chi connectivity index (χ0) is 35.7. The Hall–Kier alpha value is -3.61. The number of carbonyl (C=O) groups is 2. The number of rotatable bonds is 12. The summed E-state index contributed by atoms with van der Waals surface area (Å²) < 4.78 is 13.8. The number of carbonyl (C=O) groups excluding carboxylic acids is 1. The number of carboxylic acid groups (broad SMARTS) is 1. The maximum atomic E-state index is 13.2. The number of hydrazine groups is 1. The SMILES string of the molecule is CC(=O)O.CCn1c(-c2cccnc2C(C)OC)c(CC(C)C)c2cc(C3=CCC(COC)N(CC(N)C(=O)N4CCCCN4)C3)ccc21. The molecular weight excluding hydrogens is 620 g/mol. The summed E-state index contributed by atoms with van der Waals surface area (Å²) in [5, 5.41) is 10.4. The lowest BCUT2D eigenvalue weighted by Crippen LogP contribution is -2.57. The lowest BCUT2D eigenvalue weighted by atomic mass is 9.92. The van der Waals surface area contributed by atoms with Crippen LogP contribution in [0.4, 0.5) is 0 Å². The zero-order valence-electron chi connectivity index (χ0n) is 30.4. The molecule has 1 fully saturated rings. The Balaban J connectivity index is 0.00000128. The van der Waals surface area contributed by atoms with Crippen molar-refractivity contribution in [2.24, 2.45) is 11.7 Å². The molecule has 4 N–H and O–H groups in total. The van der Waals surface area contributed by atoms with Crippen LogP contribution in [0.1, 0.15) is 76.8 Å². The maximum Gasteiger partial charge on any atom is 0.300 e. The van der Waals surface area contributed by atoms with Gasteiger partial charge in [-0.3, -0.25) is 24.5 Å². The minimum atomic E-state index is -0.833. The van der Waals surface area contributed by atoms with Gasteiger partial charge in [-0.05, 0) is 86.4 Å². The molecule has 4 heterocycles. The number of pyridine rings is 1. The molecule has 0 radical (unpaired) electrons. The highest BCUT2D eigenvalue weighted by Crippen LogP contribution is 2.40. The van der Waals surface area contributed by atoms with E-state index >= 15 is 0 Å². The maximum absolute atomic E-state index is 13.2. The largest absolute Gasteiger partial charge is 0.481 e. The van der Waals surface area contributed by atoms with Crippen LogP contribution in [0, 0.1) is 5.92 Å². The number of carboxylic acids is 1. The molecule has 268 valence electrons. The van der Waals surface area contributed by atoms with Gasteiger partial charge in [0.05, 0.1) is 30.1 Å². The predicted octanol–water partition coefficient (Wildman–Crippen LogP) is 5.28. The second-order valence-electron chi connectivity index (χ2n) is 13.4. The molecular formula is C38H56N6O5. The first-order chi connectivity index (χ1) is 23.5. The Bertz CT molecular complexity index is 1590. The van der Waals surface area contributed by atoms with Gasteiger partial charge in [0.15, 0.2) is 0 Å². The van der Waals surface area contributed by atoms with Crippen molar-refractivity contribution in [2.45, 2.75) is 85.0 Å². The van der Waals surface area contributed by atoms with Crippen LogP contribution in [0.25, 0.3) is 27.7 Å². The molecule has 11 heteroatoms. The summed E-state index contributed by atoms with van der Waals surface area (Å²) >= 11 is 0. The summed E-state index contributed by atoms with van der Waals surface area (Å²) in [6, 6.07) is 10.7. The number of nitrogens with one attached hydrogen (secondary N) is 1. The van der Waals surface area contributed by atoms with Gasteiger partial charge in [0, 0.05) is 82.6 Å². The van der Waals surface area contributed by atoms with Crippen LogP contribution in [-0.4, -0.2) is 95.5 Å². The van der Waals surface area contributed by atoms with Crippen molar-refractivity contribution < 1.29 is 24.2 Å². The van der Waals surface area contributed by atoms with Gasteiger partial charge in [-0.1, -0.05) is 26.0 Å². The Kier molecular flexibility index (Phi) is 13.9. The van der Waals surface area contributed by atoms with Crippen LogP contribution in [-0.2, 0) is 32.0 Å². The van der Waals surface area contributed by atoms with Crippen molar-refractivity contribution >= 4 is 28.4 Å². The van der Waals surface area contributed by atoms with Crippen molar-refractivity contribution in [3.05, 3.63) is 59.4 Å². The number of ether oxygens (including phenoxy) is 2. The second kappa shape index (κ2) is 17.9. The number of aromatic nitrogens is 2. The summed E-state index contributed by atoms with van der Waals surface area (Å²) in [5.74, 6) is -0.386. The topological polar surface area (TPSA) is 135 Å². The van der Waals surface area contributed by atoms with E-state index in [0.717, 1.165) is 57.0 Å². The fourth-order valence-electron chi connectivity index (χ4n) is 6.96. The minimum Gasteiger partial charge on any atom is -0.481 e. The van der Waals surface area contributed by atoms with Crippen LogP contribution in [0.3, 0.4) is 0 Å². The van der Waals surface area contributed by atoms with Gasteiger partial charge in [-0.2, -0.15) is 0 Å². The average Bonchev–Trinajstić information content (AvgIpc) is 3.40. The van der Waals surface area contributed by atoms with E-state index in [4.69, 9.17) is 30.1 Å². The number of amides is 1. The molecule has 5 rings (SSSR count). The molecule has 49 heavy (non-hydrogen) atoms.